The fraction of sp³-hybridized carbons (Fsp3) is 1.00. The Kier molecular flexibility index (Phi) is 4.84. The van der Waals surface area contributed by atoms with Gasteiger partial charge in [0.05, 0.1) is 7.98 Å². The van der Waals surface area contributed by atoms with E-state index in [1.807, 2.05) is 0 Å². The highest BCUT2D eigenvalue weighted by molar-refractivity contribution is 4.95. The Bertz CT molecular complexity index is 301. The molecule has 8 N–H and O–H groups in total. The van der Waals surface area contributed by atoms with E-state index < -0.39 is 55.6 Å². The number of hydrogen-bond donors (Lipinski definition) is 8. The predicted molar refractivity (Wildman–Crippen MR) is 54.0 cm³/mol. The maximum Gasteiger partial charge on any atom is 0.184 e. The summed E-state index contributed by atoms with van der Waals surface area (Å²) < 4.78 is 11.7. The molecule has 0 aromatic heterocycles. The van der Waals surface area contributed by atoms with Crippen LogP contribution >= 0.6 is 0 Å². The SMILES string of the molecule is [3H]C1(O)OC(C(O)C(O)C(O)CO)C(O)C(O)C1O. The first-order chi connectivity index (χ1) is 8.63. The van der Waals surface area contributed by atoms with Crippen LogP contribution in [0.15, 0.2) is 0 Å². The molecule has 8 atom stereocenters. The zero-order valence-corrected chi connectivity index (χ0v) is 9.23. The van der Waals surface area contributed by atoms with Gasteiger partial charge in [0.25, 0.3) is 0 Å². The number of aliphatic hydroxyl groups excluding tert-OH is 7. The largest absolute Gasteiger partial charge is 0.394 e. The quantitative estimate of drug-likeness (QED) is 0.249. The van der Waals surface area contributed by atoms with Crippen LogP contribution in [0, 0.1) is 0 Å². The molecule has 1 fully saturated rings. The van der Waals surface area contributed by atoms with Crippen LogP contribution in [0.25, 0.3) is 0 Å². The van der Waals surface area contributed by atoms with E-state index in [0.29, 0.717) is 0 Å². The minimum Gasteiger partial charge on any atom is -0.394 e. The number of aliphatic hydroxyl groups is 8. The van der Waals surface area contributed by atoms with E-state index in [1.54, 1.807) is 0 Å². The van der Waals surface area contributed by atoms with E-state index in [2.05, 4.69) is 4.74 Å². The summed E-state index contributed by atoms with van der Waals surface area (Å²) in [6, 6.07) is 0. The molecular weight excluding hydrogens is 252 g/mol. The number of rotatable bonds is 4. The summed E-state index contributed by atoms with van der Waals surface area (Å²) in [6.45, 7) is -0.892. The lowest BCUT2D eigenvalue weighted by atomic mass is 9.91. The van der Waals surface area contributed by atoms with Crippen molar-refractivity contribution in [2.24, 2.45) is 0 Å². The summed E-state index contributed by atoms with van der Waals surface area (Å²) in [6.07, 6.45) is -16.7. The van der Waals surface area contributed by atoms with Crippen LogP contribution < -0.4 is 0 Å². The third-order valence-electron chi connectivity index (χ3n) is 2.79. The van der Waals surface area contributed by atoms with Crippen LogP contribution in [-0.2, 0) is 4.74 Å². The van der Waals surface area contributed by atoms with Gasteiger partial charge in [-0.3, -0.25) is 0 Å². The third-order valence-corrected chi connectivity index (χ3v) is 2.79. The van der Waals surface area contributed by atoms with Crippen molar-refractivity contribution in [3.8, 4) is 0 Å². The van der Waals surface area contributed by atoms with Crippen LogP contribution in [0.3, 0.4) is 0 Å². The molecule has 18 heavy (non-hydrogen) atoms. The monoisotopic (exact) mass is 272 g/mol. The van der Waals surface area contributed by atoms with E-state index >= 15 is 0 Å². The molecule has 1 rings (SSSR count). The Labute approximate surface area is 104 Å². The molecule has 108 valence electrons. The lowest BCUT2D eigenvalue weighted by Gasteiger charge is -2.41. The molecule has 0 amide bonds. The van der Waals surface area contributed by atoms with Gasteiger partial charge in [0.15, 0.2) is 6.27 Å². The number of ether oxygens (including phenoxy) is 1. The van der Waals surface area contributed by atoms with Crippen molar-refractivity contribution in [3.63, 3.8) is 0 Å². The van der Waals surface area contributed by atoms with Crippen molar-refractivity contribution in [1.29, 1.82) is 0 Å². The van der Waals surface area contributed by atoms with Crippen LogP contribution in [0.2, 0.25) is 0 Å². The second kappa shape index (κ2) is 6.19. The van der Waals surface area contributed by atoms with E-state index in [1.165, 1.54) is 0 Å². The molecule has 0 aromatic carbocycles. The van der Waals surface area contributed by atoms with Crippen molar-refractivity contribution in [2.75, 3.05) is 6.61 Å². The van der Waals surface area contributed by atoms with Gasteiger partial charge in [0, 0.05) is 0 Å². The van der Waals surface area contributed by atoms with Crippen molar-refractivity contribution in [2.45, 2.75) is 49.0 Å². The smallest absolute Gasteiger partial charge is 0.184 e. The first-order valence-electron chi connectivity index (χ1n) is 5.73. The molecule has 0 saturated carbocycles. The van der Waals surface area contributed by atoms with Crippen LogP contribution in [0.4, 0.5) is 0 Å². The van der Waals surface area contributed by atoms with Gasteiger partial charge in [-0.15, -0.1) is 0 Å². The summed E-state index contributed by atoms with van der Waals surface area (Å²) in [7, 11) is 0. The summed E-state index contributed by atoms with van der Waals surface area (Å²) >= 11 is 0. The minimum absolute atomic E-state index is 0.892. The topological polar surface area (TPSA) is 171 Å². The fourth-order valence-corrected chi connectivity index (χ4v) is 1.61. The molecular formula is C9H18O9. The lowest BCUT2D eigenvalue weighted by Crippen LogP contribution is -2.63. The highest BCUT2D eigenvalue weighted by Crippen LogP contribution is 2.24. The molecule has 0 aromatic rings. The Morgan fingerprint density at radius 2 is 1.56 bits per heavy atom. The molecule has 9 nitrogen and oxygen atoms in total. The Balaban J connectivity index is 2.87. The maximum atomic E-state index is 9.66. The second-order valence-electron chi connectivity index (χ2n) is 4.08. The molecule has 9 heteroatoms. The predicted octanol–water partition coefficient (Wildman–Crippen LogP) is -5.14. The zero-order valence-electron chi connectivity index (χ0n) is 10.2. The highest BCUT2D eigenvalue weighted by atomic mass is 16.6. The normalized spacial score (nSPS) is 47.2. The lowest BCUT2D eigenvalue weighted by molar-refractivity contribution is -0.305. The molecule has 8 unspecified atom stereocenters. The van der Waals surface area contributed by atoms with Gasteiger partial charge >= 0.3 is 0 Å². The first kappa shape index (κ1) is 14.1. The molecule has 1 aliphatic heterocycles. The van der Waals surface area contributed by atoms with Gasteiger partial charge in [-0.1, -0.05) is 0 Å². The molecule has 1 heterocycles. The van der Waals surface area contributed by atoms with E-state index in [0.717, 1.165) is 0 Å². The van der Waals surface area contributed by atoms with Gasteiger partial charge in [-0.2, -0.15) is 0 Å². The zero-order chi connectivity index (χ0) is 15.0. The van der Waals surface area contributed by atoms with Crippen molar-refractivity contribution >= 4 is 0 Å². The maximum absolute atomic E-state index is 9.66. The molecule has 1 aliphatic rings. The second-order valence-corrected chi connectivity index (χ2v) is 4.08. The summed E-state index contributed by atoms with van der Waals surface area (Å²) in [5, 5.41) is 74.4. The summed E-state index contributed by atoms with van der Waals surface area (Å²) in [4.78, 5) is 0. The fourth-order valence-electron chi connectivity index (χ4n) is 1.61. The van der Waals surface area contributed by atoms with E-state index in [9.17, 15) is 30.6 Å². The molecule has 0 aliphatic carbocycles. The molecule has 1 saturated heterocycles. The van der Waals surface area contributed by atoms with E-state index in [-0.39, 0.29) is 0 Å². The van der Waals surface area contributed by atoms with Gasteiger partial charge in [-0.25, -0.2) is 0 Å². The minimum atomic E-state index is -3.01. The summed E-state index contributed by atoms with van der Waals surface area (Å²) in [5.74, 6) is 0. The Hall–Kier alpha value is -0.360. The Morgan fingerprint density at radius 1 is 1.00 bits per heavy atom. The standard InChI is InChI=1S/C9H18O9/c10-1-2(11)3(12)5(14)8-6(15)4(13)7(16)9(17)18-8/h2-17H,1H2/i9T. The van der Waals surface area contributed by atoms with Gasteiger partial charge in [0.1, 0.15) is 42.7 Å². The van der Waals surface area contributed by atoms with Crippen molar-refractivity contribution in [1.82, 2.24) is 0 Å². The molecule has 0 spiro atoms. The van der Waals surface area contributed by atoms with Gasteiger partial charge in [0.2, 0.25) is 0 Å². The summed E-state index contributed by atoms with van der Waals surface area (Å²) in [5.41, 5.74) is 0. The van der Waals surface area contributed by atoms with Crippen molar-refractivity contribution in [3.05, 3.63) is 0 Å². The molecule has 0 radical (unpaired) electrons. The van der Waals surface area contributed by atoms with E-state index in [4.69, 9.17) is 11.6 Å². The molecule has 0 bridgehead atoms. The van der Waals surface area contributed by atoms with Gasteiger partial charge < -0.3 is 45.6 Å². The van der Waals surface area contributed by atoms with Gasteiger partial charge in [-0.05, 0) is 0 Å². The first-order valence-corrected chi connectivity index (χ1v) is 5.23. The highest BCUT2D eigenvalue weighted by Gasteiger charge is 2.48. The average Bonchev–Trinajstić information content (AvgIpc) is 2.38. The van der Waals surface area contributed by atoms with Crippen LogP contribution in [0.5, 0.6) is 0 Å². The average molecular weight is 272 g/mol. The number of hydrogen-bond acceptors (Lipinski definition) is 9. The third kappa shape index (κ3) is 2.96. The van der Waals surface area contributed by atoms with Crippen LogP contribution in [-0.4, -0.2) is 96.5 Å². The van der Waals surface area contributed by atoms with Crippen LogP contribution in [0.1, 0.15) is 1.37 Å². The Morgan fingerprint density at radius 3 is 2.06 bits per heavy atom. The van der Waals surface area contributed by atoms with Crippen molar-refractivity contribution < 1.29 is 47.0 Å².